The van der Waals surface area contributed by atoms with Gasteiger partial charge in [-0.25, -0.2) is 4.39 Å². The first-order chi connectivity index (χ1) is 11.1. The van der Waals surface area contributed by atoms with E-state index in [1.165, 1.54) is 12.1 Å². The van der Waals surface area contributed by atoms with Gasteiger partial charge in [-0.2, -0.15) is 5.10 Å². The lowest BCUT2D eigenvalue weighted by Gasteiger charge is -2.35. The molecule has 2 aromatic rings. The van der Waals surface area contributed by atoms with Crippen molar-refractivity contribution < 1.29 is 9.18 Å². The first-order valence-electron chi connectivity index (χ1n) is 8.21. The molecule has 0 saturated carbocycles. The van der Waals surface area contributed by atoms with E-state index in [2.05, 4.69) is 5.10 Å². The highest BCUT2D eigenvalue weighted by atomic mass is 19.1. The van der Waals surface area contributed by atoms with Crippen LogP contribution < -0.4 is 0 Å². The van der Waals surface area contributed by atoms with Crippen LogP contribution in [0.1, 0.15) is 54.0 Å². The zero-order chi connectivity index (χ0) is 16.4. The second-order valence-corrected chi connectivity index (χ2v) is 6.05. The van der Waals surface area contributed by atoms with Crippen molar-refractivity contribution in [1.29, 1.82) is 0 Å². The second-order valence-electron chi connectivity index (χ2n) is 6.05. The van der Waals surface area contributed by atoms with Crippen LogP contribution in [0, 0.1) is 12.7 Å². The van der Waals surface area contributed by atoms with Crippen LogP contribution in [0.3, 0.4) is 0 Å². The number of carbonyl (C=O) groups is 1. The predicted octanol–water partition coefficient (Wildman–Crippen LogP) is 3.72. The van der Waals surface area contributed by atoms with E-state index in [1.807, 2.05) is 29.5 Å². The Morgan fingerprint density at radius 3 is 2.70 bits per heavy atom. The number of likely N-dealkylation sites (tertiary alicyclic amines) is 1. The lowest BCUT2D eigenvalue weighted by molar-refractivity contribution is 0.0604. The van der Waals surface area contributed by atoms with Gasteiger partial charge in [-0.1, -0.05) is 12.1 Å². The van der Waals surface area contributed by atoms with Crippen LogP contribution >= 0.6 is 0 Å². The van der Waals surface area contributed by atoms with Crippen LogP contribution in [0.5, 0.6) is 0 Å². The lowest BCUT2D eigenvalue weighted by atomic mass is 9.95. The van der Waals surface area contributed by atoms with Crippen molar-refractivity contribution in [2.45, 2.75) is 45.7 Å². The molecule has 1 atom stereocenters. The van der Waals surface area contributed by atoms with Crippen LogP contribution in [0.4, 0.5) is 4.39 Å². The molecule has 0 aliphatic carbocycles. The number of piperidine rings is 1. The molecule has 1 aromatic heterocycles. The van der Waals surface area contributed by atoms with Gasteiger partial charge in [0.05, 0.1) is 6.04 Å². The number of aryl methyl sites for hydroxylation is 2. The Labute approximate surface area is 135 Å². The first-order valence-corrected chi connectivity index (χ1v) is 8.21. The van der Waals surface area contributed by atoms with Gasteiger partial charge >= 0.3 is 0 Å². The van der Waals surface area contributed by atoms with E-state index >= 15 is 0 Å². The van der Waals surface area contributed by atoms with Crippen molar-refractivity contribution in [3.8, 4) is 0 Å². The van der Waals surface area contributed by atoms with Gasteiger partial charge in [-0.05, 0) is 56.9 Å². The van der Waals surface area contributed by atoms with Gasteiger partial charge in [0.15, 0.2) is 5.69 Å². The summed E-state index contributed by atoms with van der Waals surface area (Å²) < 4.78 is 15.0. The van der Waals surface area contributed by atoms with Crippen molar-refractivity contribution in [3.63, 3.8) is 0 Å². The van der Waals surface area contributed by atoms with Gasteiger partial charge < -0.3 is 4.90 Å². The van der Waals surface area contributed by atoms with Gasteiger partial charge in [-0.3, -0.25) is 9.48 Å². The largest absolute Gasteiger partial charge is 0.330 e. The fourth-order valence-corrected chi connectivity index (χ4v) is 3.29. The number of amides is 1. The van der Waals surface area contributed by atoms with E-state index in [9.17, 15) is 9.18 Å². The minimum Gasteiger partial charge on any atom is -0.330 e. The third kappa shape index (κ3) is 3.14. The van der Waals surface area contributed by atoms with E-state index in [0.717, 1.165) is 43.6 Å². The van der Waals surface area contributed by atoms with E-state index in [-0.39, 0.29) is 17.8 Å². The average molecular weight is 315 g/mol. The Kier molecular flexibility index (Phi) is 4.46. The molecule has 4 nitrogen and oxygen atoms in total. The van der Waals surface area contributed by atoms with Gasteiger partial charge in [0.1, 0.15) is 5.82 Å². The summed E-state index contributed by atoms with van der Waals surface area (Å²) in [5.41, 5.74) is 2.48. The molecule has 1 amide bonds. The van der Waals surface area contributed by atoms with E-state index in [1.54, 1.807) is 12.1 Å². The predicted molar refractivity (Wildman–Crippen MR) is 86.7 cm³/mol. The molecule has 1 fully saturated rings. The van der Waals surface area contributed by atoms with Gasteiger partial charge in [-0.15, -0.1) is 0 Å². The van der Waals surface area contributed by atoms with E-state index in [0.29, 0.717) is 5.69 Å². The molecule has 0 spiro atoms. The van der Waals surface area contributed by atoms with Crippen molar-refractivity contribution in [2.24, 2.45) is 0 Å². The SMILES string of the molecule is CCn1nc(C(=O)N2CCCCC2c2ccc(F)cc2)cc1C. The fourth-order valence-electron chi connectivity index (χ4n) is 3.29. The molecule has 1 aliphatic rings. The highest BCUT2D eigenvalue weighted by Gasteiger charge is 2.30. The van der Waals surface area contributed by atoms with Crippen molar-refractivity contribution in [1.82, 2.24) is 14.7 Å². The Bertz CT molecular complexity index is 693. The number of hydrogen-bond acceptors (Lipinski definition) is 2. The molecule has 2 heterocycles. The highest BCUT2D eigenvalue weighted by molar-refractivity contribution is 5.92. The van der Waals surface area contributed by atoms with Gasteiger partial charge in [0, 0.05) is 18.8 Å². The summed E-state index contributed by atoms with van der Waals surface area (Å²) in [6.07, 6.45) is 2.98. The number of aromatic nitrogens is 2. The molecule has 3 rings (SSSR count). The number of hydrogen-bond donors (Lipinski definition) is 0. The minimum atomic E-state index is -0.250. The van der Waals surface area contributed by atoms with Crippen molar-refractivity contribution in [2.75, 3.05) is 6.54 Å². The summed E-state index contributed by atoms with van der Waals surface area (Å²) in [6, 6.07) is 8.33. The summed E-state index contributed by atoms with van der Waals surface area (Å²) in [6.45, 7) is 5.44. The van der Waals surface area contributed by atoms with Gasteiger partial charge in [0.25, 0.3) is 5.91 Å². The van der Waals surface area contributed by atoms with Crippen LogP contribution in [-0.2, 0) is 6.54 Å². The van der Waals surface area contributed by atoms with Crippen LogP contribution in [0.25, 0.3) is 0 Å². The summed E-state index contributed by atoms with van der Waals surface area (Å²) in [7, 11) is 0. The van der Waals surface area contributed by atoms with Crippen LogP contribution in [0.15, 0.2) is 30.3 Å². The number of halogens is 1. The molecule has 1 saturated heterocycles. The summed E-state index contributed by atoms with van der Waals surface area (Å²) in [4.78, 5) is 14.8. The lowest BCUT2D eigenvalue weighted by Crippen LogP contribution is -2.38. The average Bonchev–Trinajstić information content (AvgIpc) is 2.96. The molecule has 5 heteroatoms. The van der Waals surface area contributed by atoms with Gasteiger partial charge in [0.2, 0.25) is 0 Å². The third-order valence-electron chi connectivity index (χ3n) is 4.52. The molecule has 1 aromatic carbocycles. The van der Waals surface area contributed by atoms with Crippen LogP contribution in [0.2, 0.25) is 0 Å². The first kappa shape index (κ1) is 15.7. The maximum atomic E-state index is 13.2. The highest BCUT2D eigenvalue weighted by Crippen LogP contribution is 2.32. The minimum absolute atomic E-state index is 0.00364. The standard InChI is InChI=1S/C18H22FN3O/c1-3-22-13(2)12-16(20-22)18(23)21-11-5-4-6-17(21)14-7-9-15(19)10-8-14/h7-10,12,17H,3-6,11H2,1-2H3. The number of carbonyl (C=O) groups excluding carboxylic acids is 1. The zero-order valence-corrected chi connectivity index (χ0v) is 13.6. The summed E-state index contributed by atoms with van der Waals surface area (Å²) in [5, 5.41) is 4.41. The molecule has 122 valence electrons. The normalized spacial score (nSPS) is 18.2. The number of benzene rings is 1. The molecule has 0 N–H and O–H groups in total. The monoisotopic (exact) mass is 315 g/mol. The number of nitrogens with zero attached hydrogens (tertiary/aromatic N) is 3. The van der Waals surface area contributed by atoms with E-state index < -0.39 is 0 Å². The summed E-state index contributed by atoms with van der Waals surface area (Å²) >= 11 is 0. The molecule has 1 aliphatic heterocycles. The zero-order valence-electron chi connectivity index (χ0n) is 13.6. The molecule has 0 radical (unpaired) electrons. The Balaban J connectivity index is 1.88. The molecular weight excluding hydrogens is 293 g/mol. The quantitative estimate of drug-likeness (QED) is 0.866. The van der Waals surface area contributed by atoms with Crippen molar-refractivity contribution in [3.05, 3.63) is 53.1 Å². The second kappa shape index (κ2) is 6.52. The van der Waals surface area contributed by atoms with Crippen LogP contribution in [-0.4, -0.2) is 27.1 Å². The smallest absolute Gasteiger partial charge is 0.274 e. The third-order valence-corrected chi connectivity index (χ3v) is 4.52. The number of rotatable bonds is 3. The molecular formula is C18H22FN3O. The van der Waals surface area contributed by atoms with Crippen molar-refractivity contribution >= 4 is 5.91 Å². The molecule has 1 unspecified atom stereocenters. The molecule has 0 bridgehead atoms. The Morgan fingerprint density at radius 1 is 1.30 bits per heavy atom. The molecule has 23 heavy (non-hydrogen) atoms. The van der Waals surface area contributed by atoms with E-state index in [4.69, 9.17) is 0 Å². The fraction of sp³-hybridized carbons (Fsp3) is 0.444. The Morgan fingerprint density at radius 2 is 2.04 bits per heavy atom. The summed E-state index contributed by atoms with van der Waals surface area (Å²) in [5.74, 6) is -0.283. The Hall–Kier alpha value is -2.17. The topological polar surface area (TPSA) is 38.1 Å². The maximum Gasteiger partial charge on any atom is 0.274 e. The maximum absolute atomic E-state index is 13.2.